The zero-order valence-corrected chi connectivity index (χ0v) is 20.1. The minimum atomic E-state index is -0.219. The fourth-order valence-electron chi connectivity index (χ4n) is 4.30. The molecule has 2 aliphatic rings. The van der Waals surface area contributed by atoms with Gasteiger partial charge < -0.3 is 9.15 Å². The van der Waals surface area contributed by atoms with Crippen molar-refractivity contribution in [3.63, 3.8) is 0 Å². The van der Waals surface area contributed by atoms with Gasteiger partial charge in [0.1, 0.15) is 5.75 Å². The Morgan fingerprint density at radius 2 is 2.03 bits per heavy atom. The highest BCUT2D eigenvalue weighted by Crippen LogP contribution is 2.31. The van der Waals surface area contributed by atoms with Crippen molar-refractivity contribution in [2.24, 2.45) is 0 Å². The van der Waals surface area contributed by atoms with Crippen LogP contribution < -0.4 is 9.30 Å². The van der Waals surface area contributed by atoms with Gasteiger partial charge in [-0.2, -0.15) is 0 Å². The fourth-order valence-corrected chi connectivity index (χ4v) is 5.35. The van der Waals surface area contributed by atoms with Crippen LogP contribution in [0.15, 0.2) is 53.3 Å². The zero-order valence-electron chi connectivity index (χ0n) is 19.2. The molecule has 1 fully saturated rings. The molecule has 1 unspecified atom stereocenters. The number of amides is 2. The zero-order chi connectivity index (χ0) is 23.5. The van der Waals surface area contributed by atoms with E-state index in [9.17, 15) is 9.59 Å². The molecule has 0 spiro atoms. The van der Waals surface area contributed by atoms with Gasteiger partial charge in [0.2, 0.25) is 17.7 Å². The van der Waals surface area contributed by atoms with Gasteiger partial charge in [0, 0.05) is 29.7 Å². The van der Waals surface area contributed by atoms with Gasteiger partial charge in [-0.25, -0.2) is 9.55 Å². The maximum atomic E-state index is 12.5. The number of likely N-dealkylation sites (tertiary alicyclic amines) is 1. The molecule has 1 saturated heterocycles. The lowest BCUT2D eigenvalue weighted by molar-refractivity contribution is -0.695. The molecule has 176 valence electrons. The molecule has 4 heterocycles. The van der Waals surface area contributed by atoms with Crippen LogP contribution >= 0.6 is 11.8 Å². The molecule has 0 N–H and O–H groups in total. The number of aromatic nitrogens is 2. The van der Waals surface area contributed by atoms with Gasteiger partial charge >= 0.3 is 0 Å². The van der Waals surface area contributed by atoms with Crippen LogP contribution in [-0.4, -0.2) is 45.9 Å². The van der Waals surface area contributed by atoms with E-state index in [-0.39, 0.29) is 17.1 Å². The molecule has 0 saturated carbocycles. The van der Waals surface area contributed by atoms with E-state index < -0.39 is 0 Å². The van der Waals surface area contributed by atoms with E-state index in [1.807, 2.05) is 41.2 Å². The topological polar surface area (TPSA) is 76.5 Å². The Morgan fingerprint density at radius 1 is 1.18 bits per heavy atom. The molecule has 8 heteroatoms. The molecule has 0 radical (unpaired) electrons. The maximum Gasteiger partial charge on any atom is 0.243 e. The fraction of sp³-hybridized carbons (Fsp3) is 0.385. The number of imide groups is 1. The van der Waals surface area contributed by atoms with Crippen molar-refractivity contribution in [1.82, 2.24) is 9.88 Å². The predicted octanol–water partition coefficient (Wildman–Crippen LogP) is 3.89. The molecule has 7 nitrogen and oxygen atoms in total. The number of benzene rings is 1. The Morgan fingerprint density at radius 3 is 2.85 bits per heavy atom. The van der Waals surface area contributed by atoms with Gasteiger partial charge in [0.05, 0.1) is 24.6 Å². The summed E-state index contributed by atoms with van der Waals surface area (Å²) in [5.41, 5.74) is 3.05. The Bertz CT molecular complexity index is 1190. The predicted molar refractivity (Wildman–Crippen MR) is 129 cm³/mol. The smallest absolute Gasteiger partial charge is 0.243 e. The SMILES string of the molecule is CCCSC1CC(=O)N(CC[n+]2ccc(-c3cnc(-c4ccc5c(c4)CCCO5)o3)cc2)C1=O. The van der Waals surface area contributed by atoms with E-state index >= 15 is 0 Å². The molecule has 5 rings (SSSR count). The van der Waals surface area contributed by atoms with Crippen LogP contribution in [-0.2, 0) is 22.6 Å². The number of hydrogen-bond donors (Lipinski definition) is 0. The summed E-state index contributed by atoms with van der Waals surface area (Å²) < 4.78 is 13.7. The quantitative estimate of drug-likeness (QED) is 0.361. The number of aryl methyl sites for hydroxylation is 1. The largest absolute Gasteiger partial charge is 0.493 e. The second-order valence-corrected chi connectivity index (χ2v) is 9.89. The second-order valence-electron chi connectivity index (χ2n) is 8.58. The molecule has 3 aromatic rings. The Balaban J connectivity index is 1.22. The van der Waals surface area contributed by atoms with Crippen LogP contribution in [0.25, 0.3) is 22.8 Å². The molecule has 0 bridgehead atoms. The van der Waals surface area contributed by atoms with Gasteiger partial charge in [-0.3, -0.25) is 14.5 Å². The molecule has 0 aliphatic carbocycles. The number of carbonyl (C=O) groups is 2. The van der Waals surface area contributed by atoms with E-state index in [1.54, 1.807) is 18.0 Å². The minimum absolute atomic E-state index is 0.0522. The lowest BCUT2D eigenvalue weighted by Gasteiger charge is -2.17. The van der Waals surface area contributed by atoms with E-state index in [0.717, 1.165) is 48.5 Å². The number of oxazole rings is 1. The maximum absolute atomic E-state index is 12.5. The summed E-state index contributed by atoms with van der Waals surface area (Å²) in [4.78, 5) is 30.7. The lowest BCUT2D eigenvalue weighted by atomic mass is 10.0. The average molecular weight is 479 g/mol. The number of rotatable bonds is 8. The van der Waals surface area contributed by atoms with Crippen molar-refractivity contribution >= 4 is 23.6 Å². The first-order valence-corrected chi connectivity index (χ1v) is 12.8. The number of ether oxygens (including phenoxy) is 1. The van der Waals surface area contributed by atoms with Crippen molar-refractivity contribution in [2.75, 3.05) is 18.9 Å². The second kappa shape index (κ2) is 10.0. The summed E-state index contributed by atoms with van der Waals surface area (Å²) in [6, 6.07) is 9.97. The third kappa shape index (κ3) is 4.73. The summed E-state index contributed by atoms with van der Waals surface area (Å²) in [6.07, 6.45) is 8.95. The van der Waals surface area contributed by atoms with Gasteiger partial charge in [-0.1, -0.05) is 6.92 Å². The van der Waals surface area contributed by atoms with Crippen LogP contribution in [0, 0.1) is 0 Å². The number of nitrogens with zero attached hydrogens (tertiary/aromatic N) is 3. The highest BCUT2D eigenvalue weighted by molar-refractivity contribution is 8.00. The molecule has 1 aromatic carbocycles. The Hall–Kier alpha value is -3.13. The van der Waals surface area contributed by atoms with Crippen LogP contribution in [0.2, 0.25) is 0 Å². The van der Waals surface area contributed by atoms with Crippen molar-refractivity contribution in [1.29, 1.82) is 0 Å². The summed E-state index contributed by atoms with van der Waals surface area (Å²) >= 11 is 1.59. The van der Waals surface area contributed by atoms with Gasteiger partial charge in [-0.05, 0) is 48.8 Å². The van der Waals surface area contributed by atoms with Crippen LogP contribution in [0.3, 0.4) is 0 Å². The van der Waals surface area contributed by atoms with Crippen molar-refractivity contribution in [2.45, 2.75) is 44.4 Å². The summed E-state index contributed by atoms with van der Waals surface area (Å²) in [5, 5.41) is -0.219. The van der Waals surface area contributed by atoms with Crippen molar-refractivity contribution in [3.05, 3.63) is 54.5 Å². The number of fused-ring (bicyclic) bond motifs is 1. The normalized spacial score (nSPS) is 17.7. The first kappa shape index (κ1) is 22.7. The highest BCUT2D eigenvalue weighted by atomic mass is 32.2. The summed E-state index contributed by atoms with van der Waals surface area (Å²) in [6.45, 7) is 3.79. The number of hydrogen-bond acceptors (Lipinski definition) is 6. The molecule has 2 amide bonds. The van der Waals surface area contributed by atoms with Crippen LogP contribution in [0.1, 0.15) is 31.7 Å². The van der Waals surface area contributed by atoms with Gasteiger partial charge in [-0.15, -0.1) is 11.8 Å². The van der Waals surface area contributed by atoms with E-state index in [4.69, 9.17) is 9.15 Å². The third-order valence-electron chi connectivity index (χ3n) is 6.14. The standard InChI is InChI=1S/C26H28N3O4S/c1-2-14-34-23-16-24(30)29(26(23)31)12-11-28-9-7-18(8-10-28)22-17-27-25(33-22)20-5-6-21-19(15-20)4-3-13-32-21/h5-10,15,17,23H,2-4,11-14,16H2,1H3/q+1. The van der Waals surface area contributed by atoms with E-state index in [0.29, 0.717) is 31.2 Å². The first-order valence-electron chi connectivity index (χ1n) is 11.8. The molecule has 1 atom stereocenters. The highest BCUT2D eigenvalue weighted by Gasteiger charge is 2.38. The lowest BCUT2D eigenvalue weighted by Crippen LogP contribution is -2.42. The van der Waals surface area contributed by atoms with Crippen LogP contribution in [0.4, 0.5) is 0 Å². The van der Waals surface area contributed by atoms with E-state index in [1.165, 1.54) is 10.5 Å². The Labute approximate surface area is 203 Å². The van der Waals surface area contributed by atoms with Crippen molar-refractivity contribution < 1.29 is 23.3 Å². The monoisotopic (exact) mass is 478 g/mol. The summed E-state index contributed by atoms with van der Waals surface area (Å²) in [5.74, 6) is 3.00. The molecular weight excluding hydrogens is 450 g/mol. The van der Waals surface area contributed by atoms with Gasteiger partial charge in [0.15, 0.2) is 24.7 Å². The molecule has 34 heavy (non-hydrogen) atoms. The van der Waals surface area contributed by atoms with E-state index in [2.05, 4.69) is 18.0 Å². The van der Waals surface area contributed by atoms with Crippen LogP contribution in [0.5, 0.6) is 5.75 Å². The average Bonchev–Trinajstić information content (AvgIpc) is 3.46. The molecular formula is C26H28N3O4S+. The van der Waals surface area contributed by atoms with Crippen molar-refractivity contribution in [3.8, 4) is 28.5 Å². The molecule has 2 aromatic heterocycles. The number of carbonyl (C=O) groups excluding carboxylic acids is 2. The summed E-state index contributed by atoms with van der Waals surface area (Å²) in [7, 11) is 0. The third-order valence-corrected chi connectivity index (χ3v) is 7.56. The molecule has 2 aliphatic heterocycles. The Kier molecular flexibility index (Phi) is 6.67. The first-order chi connectivity index (χ1) is 16.6. The number of thioether (sulfide) groups is 1. The van der Waals surface area contributed by atoms with Gasteiger partial charge in [0.25, 0.3) is 0 Å². The minimum Gasteiger partial charge on any atom is -0.493 e. The number of pyridine rings is 1.